The SMILES string of the molecule is Cc1ccc(CCCC(=O)Nc2ccc(C(=O)N3CCOC(C)C3)cc2)cc1. The molecule has 2 amide bonds. The van der Waals surface area contributed by atoms with E-state index in [1.807, 2.05) is 11.8 Å². The molecule has 1 saturated heterocycles. The summed E-state index contributed by atoms with van der Waals surface area (Å²) >= 11 is 0. The van der Waals surface area contributed by atoms with Crippen molar-refractivity contribution in [2.75, 3.05) is 25.0 Å². The molecule has 1 aliphatic heterocycles. The molecular weight excluding hydrogens is 352 g/mol. The van der Waals surface area contributed by atoms with Crippen LogP contribution in [0.1, 0.15) is 41.3 Å². The predicted molar refractivity (Wildman–Crippen MR) is 111 cm³/mol. The molecule has 0 aromatic heterocycles. The maximum absolute atomic E-state index is 12.6. The van der Waals surface area contributed by atoms with E-state index in [9.17, 15) is 9.59 Å². The number of benzene rings is 2. The lowest BCUT2D eigenvalue weighted by Crippen LogP contribution is -2.44. The number of anilines is 1. The van der Waals surface area contributed by atoms with Gasteiger partial charge in [-0.05, 0) is 56.5 Å². The summed E-state index contributed by atoms with van der Waals surface area (Å²) in [5, 5.41) is 2.91. The number of carbonyl (C=O) groups is 2. The van der Waals surface area contributed by atoms with Gasteiger partial charge in [-0.2, -0.15) is 0 Å². The van der Waals surface area contributed by atoms with Crippen LogP contribution in [0.5, 0.6) is 0 Å². The van der Waals surface area contributed by atoms with Gasteiger partial charge >= 0.3 is 0 Å². The highest BCUT2D eigenvalue weighted by Gasteiger charge is 2.22. The molecule has 1 aliphatic rings. The first-order valence-corrected chi connectivity index (χ1v) is 9.87. The average molecular weight is 380 g/mol. The Bertz CT molecular complexity index is 800. The molecule has 1 N–H and O–H groups in total. The molecule has 1 unspecified atom stereocenters. The van der Waals surface area contributed by atoms with Gasteiger partial charge in [0.05, 0.1) is 12.7 Å². The highest BCUT2D eigenvalue weighted by molar-refractivity contribution is 5.95. The van der Waals surface area contributed by atoms with Crippen molar-refractivity contribution in [2.24, 2.45) is 0 Å². The Kier molecular flexibility index (Phi) is 6.82. The van der Waals surface area contributed by atoms with Crippen molar-refractivity contribution in [3.63, 3.8) is 0 Å². The number of aryl methyl sites for hydroxylation is 2. The predicted octanol–water partition coefficient (Wildman–Crippen LogP) is 3.82. The number of hydrogen-bond donors (Lipinski definition) is 1. The van der Waals surface area contributed by atoms with Crippen LogP contribution in [0.15, 0.2) is 48.5 Å². The van der Waals surface area contributed by atoms with E-state index >= 15 is 0 Å². The van der Waals surface area contributed by atoms with Gasteiger partial charge in [0.25, 0.3) is 5.91 Å². The number of carbonyl (C=O) groups excluding carboxylic acids is 2. The molecular formula is C23H28N2O3. The van der Waals surface area contributed by atoms with Crippen LogP contribution >= 0.6 is 0 Å². The zero-order valence-electron chi connectivity index (χ0n) is 16.6. The zero-order valence-corrected chi connectivity index (χ0v) is 16.6. The largest absolute Gasteiger partial charge is 0.375 e. The first kappa shape index (κ1) is 20.1. The van der Waals surface area contributed by atoms with Gasteiger partial charge in [0.2, 0.25) is 5.91 Å². The molecule has 2 aromatic rings. The van der Waals surface area contributed by atoms with Crippen LogP contribution < -0.4 is 5.32 Å². The first-order valence-electron chi connectivity index (χ1n) is 9.87. The molecule has 0 aliphatic carbocycles. The van der Waals surface area contributed by atoms with Crippen molar-refractivity contribution in [1.29, 1.82) is 0 Å². The molecule has 28 heavy (non-hydrogen) atoms. The van der Waals surface area contributed by atoms with Gasteiger partial charge in [-0.15, -0.1) is 0 Å². The van der Waals surface area contributed by atoms with Gasteiger partial charge in [0, 0.05) is 30.8 Å². The molecule has 2 aromatic carbocycles. The Balaban J connectivity index is 1.46. The first-order chi connectivity index (χ1) is 13.5. The molecule has 1 fully saturated rings. The Morgan fingerprint density at radius 1 is 1.11 bits per heavy atom. The molecule has 0 radical (unpaired) electrons. The average Bonchev–Trinajstić information content (AvgIpc) is 2.69. The minimum atomic E-state index is -0.00630. The number of morpholine rings is 1. The fourth-order valence-electron chi connectivity index (χ4n) is 3.31. The summed E-state index contributed by atoms with van der Waals surface area (Å²) in [5.74, 6) is -0.000633. The maximum Gasteiger partial charge on any atom is 0.254 e. The van der Waals surface area contributed by atoms with E-state index in [2.05, 4.69) is 36.5 Å². The van der Waals surface area contributed by atoms with E-state index < -0.39 is 0 Å². The summed E-state index contributed by atoms with van der Waals surface area (Å²) in [6, 6.07) is 15.5. The molecule has 148 valence electrons. The van der Waals surface area contributed by atoms with Crippen LogP contribution in [0.4, 0.5) is 5.69 Å². The monoisotopic (exact) mass is 380 g/mol. The van der Waals surface area contributed by atoms with Crippen LogP contribution in [0.2, 0.25) is 0 Å². The molecule has 5 nitrogen and oxygen atoms in total. The van der Waals surface area contributed by atoms with E-state index in [0.29, 0.717) is 37.4 Å². The Morgan fingerprint density at radius 3 is 2.50 bits per heavy atom. The second kappa shape index (κ2) is 9.51. The normalized spacial score (nSPS) is 16.6. The van der Waals surface area contributed by atoms with Crippen molar-refractivity contribution < 1.29 is 14.3 Å². The Labute approximate surface area is 166 Å². The van der Waals surface area contributed by atoms with E-state index in [1.54, 1.807) is 24.3 Å². The van der Waals surface area contributed by atoms with Crippen LogP contribution in [0.3, 0.4) is 0 Å². The minimum absolute atomic E-state index is 0.00567. The van der Waals surface area contributed by atoms with Crippen molar-refractivity contribution in [3.05, 3.63) is 65.2 Å². The third-order valence-electron chi connectivity index (χ3n) is 4.93. The van der Waals surface area contributed by atoms with Gasteiger partial charge in [-0.25, -0.2) is 0 Å². The number of hydrogen-bond acceptors (Lipinski definition) is 3. The van der Waals surface area contributed by atoms with Crippen molar-refractivity contribution in [3.8, 4) is 0 Å². The van der Waals surface area contributed by atoms with E-state index in [-0.39, 0.29) is 17.9 Å². The lowest BCUT2D eigenvalue weighted by Gasteiger charge is -2.31. The van der Waals surface area contributed by atoms with Gasteiger partial charge in [0.1, 0.15) is 0 Å². The minimum Gasteiger partial charge on any atom is -0.375 e. The number of rotatable bonds is 6. The fraction of sp³-hybridized carbons (Fsp3) is 0.391. The Hall–Kier alpha value is -2.66. The number of ether oxygens (including phenoxy) is 1. The van der Waals surface area contributed by atoms with Crippen molar-refractivity contribution in [2.45, 2.75) is 39.2 Å². The fourth-order valence-corrected chi connectivity index (χ4v) is 3.31. The van der Waals surface area contributed by atoms with Crippen LogP contribution in [-0.2, 0) is 16.0 Å². The molecule has 1 heterocycles. The van der Waals surface area contributed by atoms with Gasteiger partial charge in [-0.1, -0.05) is 29.8 Å². The molecule has 3 rings (SSSR count). The Morgan fingerprint density at radius 2 is 1.82 bits per heavy atom. The summed E-state index contributed by atoms with van der Waals surface area (Å²) in [5.41, 5.74) is 3.84. The molecule has 1 atom stereocenters. The smallest absolute Gasteiger partial charge is 0.254 e. The van der Waals surface area contributed by atoms with Gasteiger partial charge < -0.3 is 15.0 Å². The molecule has 0 spiro atoms. The van der Waals surface area contributed by atoms with Crippen molar-refractivity contribution in [1.82, 2.24) is 4.90 Å². The third kappa shape index (κ3) is 5.67. The topological polar surface area (TPSA) is 58.6 Å². The number of nitrogens with zero attached hydrogens (tertiary/aromatic N) is 1. The van der Waals surface area contributed by atoms with Gasteiger partial charge in [-0.3, -0.25) is 9.59 Å². The zero-order chi connectivity index (χ0) is 19.9. The lowest BCUT2D eigenvalue weighted by atomic mass is 10.1. The second-order valence-electron chi connectivity index (χ2n) is 7.40. The highest BCUT2D eigenvalue weighted by atomic mass is 16.5. The van der Waals surface area contributed by atoms with Crippen LogP contribution in [0, 0.1) is 6.92 Å². The molecule has 0 bridgehead atoms. The summed E-state index contributed by atoms with van der Waals surface area (Å²) in [4.78, 5) is 26.5. The summed E-state index contributed by atoms with van der Waals surface area (Å²) in [7, 11) is 0. The number of nitrogens with one attached hydrogen (secondary N) is 1. The van der Waals surface area contributed by atoms with Gasteiger partial charge in [0.15, 0.2) is 0 Å². The molecule has 5 heteroatoms. The van der Waals surface area contributed by atoms with Crippen LogP contribution in [0.25, 0.3) is 0 Å². The maximum atomic E-state index is 12.6. The van der Waals surface area contributed by atoms with Crippen molar-refractivity contribution >= 4 is 17.5 Å². The standard InChI is InChI=1S/C23H28N2O3/c1-17-6-8-19(9-7-17)4-3-5-22(26)24-21-12-10-20(11-13-21)23(27)25-14-15-28-18(2)16-25/h6-13,18H,3-5,14-16H2,1-2H3,(H,24,26). The third-order valence-corrected chi connectivity index (χ3v) is 4.93. The van der Waals surface area contributed by atoms with E-state index in [0.717, 1.165) is 12.8 Å². The van der Waals surface area contributed by atoms with Crippen LogP contribution in [-0.4, -0.2) is 42.5 Å². The lowest BCUT2D eigenvalue weighted by molar-refractivity contribution is -0.116. The van der Waals surface area contributed by atoms with E-state index in [4.69, 9.17) is 4.74 Å². The van der Waals surface area contributed by atoms with E-state index in [1.165, 1.54) is 11.1 Å². The molecule has 0 saturated carbocycles. The second-order valence-corrected chi connectivity index (χ2v) is 7.40. The summed E-state index contributed by atoms with van der Waals surface area (Å²) < 4.78 is 5.48. The highest BCUT2D eigenvalue weighted by Crippen LogP contribution is 2.15. The summed E-state index contributed by atoms with van der Waals surface area (Å²) in [6.07, 6.45) is 2.23. The number of amides is 2. The quantitative estimate of drug-likeness (QED) is 0.829. The summed E-state index contributed by atoms with van der Waals surface area (Å²) in [6.45, 7) is 5.83.